The van der Waals surface area contributed by atoms with Gasteiger partial charge in [-0.05, 0) is 24.2 Å². The monoisotopic (exact) mass is 426 g/mol. The number of amides is 4. The topological polar surface area (TPSA) is 154 Å². The number of nitrogens with one attached hydrogen (secondary N) is 4. The molecule has 0 aromatic heterocycles. The summed E-state index contributed by atoms with van der Waals surface area (Å²) in [7, 11) is 0. The van der Waals surface area contributed by atoms with Crippen LogP contribution in [0.4, 0.5) is 0 Å². The average molecular weight is 427 g/mol. The number of rotatable bonds is 10. The first-order chi connectivity index (χ1) is 13.8. The summed E-state index contributed by atoms with van der Waals surface area (Å²) in [5.74, 6) is -3.89. The first-order valence-corrected chi connectivity index (χ1v) is 10.3. The first-order valence-electron chi connectivity index (χ1n) is 10.3. The van der Waals surface area contributed by atoms with E-state index in [0.717, 1.165) is 0 Å². The smallest absolute Gasteiger partial charge is 0.326 e. The molecule has 0 saturated carbocycles. The van der Waals surface area contributed by atoms with E-state index in [1.807, 2.05) is 0 Å². The Labute approximate surface area is 176 Å². The van der Waals surface area contributed by atoms with Crippen LogP contribution in [-0.2, 0) is 24.0 Å². The zero-order chi connectivity index (χ0) is 23.2. The molecule has 4 atom stereocenters. The van der Waals surface area contributed by atoms with Crippen LogP contribution in [-0.4, -0.2) is 58.9 Å². The normalized spacial score (nSPS) is 19.2. The minimum atomic E-state index is -1.15. The molecule has 1 aliphatic rings. The maximum atomic E-state index is 12.9. The zero-order valence-electron chi connectivity index (χ0n) is 18.4. The van der Waals surface area contributed by atoms with Gasteiger partial charge in [-0.15, -0.1) is 0 Å². The molecule has 10 heteroatoms. The second-order valence-electron chi connectivity index (χ2n) is 8.69. The van der Waals surface area contributed by atoms with Gasteiger partial charge in [0.2, 0.25) is 23.6 Å². The lowest BCUT2D eigenvalue weighted by atomic mass is 9.98. The van der Waals surface area contributed by atoms with E-state index in [1.54, 1.807) is 41.5 Å². The van der Waals surface area contributed by atoms with Crippen LogP contribution in [0.2, 0.25) is 0 Å². The average Bonchev–Trinajstić information content (AvgIpc) is 3.06. The maximum absolute atomic E-state index is 12.9. The number of hydrogen-bond donors (Lipinski definition) is 5. The summed E-state index contributed by atoms with van der Waals surface area (Å²) in [5, 5.41) is 19.6. The van der Waals surface area contributed by atoms with Gasteiger partial charge < -0.3 is 26.4 Å². The second kappa shape index (κ2) is 10.9. The molecule has 0 aromatic carbocycles. The molecule has 0 unspecified atom stereocenters. The van der Waals surface area contributed by atoms with E-state index in [9.17, 15) is 29.1 Å². The lowest BCUT2D eigenvalue weighted by molar-refractivity contribution is -0.144. The molecule has 1 aliphatic heterocycles. The Balaban J connectivity index is 2.87. The molecule has 0 aliphatic carbocycles. The summed E-state index contributed by atoms with van der Waals surface area (Å²) in [6.07, 6.45) is 0.618. The van der Waals surface area contributed by atoms with E-state index < -0.39 is 47.9 Å². The third-order valence-electron chi connectivity index (χ3n) is 5.04. The SMILES string of the molecule is CC(C)[C@H](NC(=O)[C@@H](NC(=O)[C@@H](NC(=O)[C@@H]1CCC(=O)N1)C(C)C)C(C)C)C(=O)O. The van der Waals surface area contributed by atoms with Gasteiger partial charge in [0, 0.05) is 6.42 Å². The van der Waals surface area contributed by atoms with Crippen LogP contribution in [0.25, 0.3) is 0 Å². The first kappa shape index (κ1) is 25.4. The molecule has 1 heterocycles. The van der Waals surface area contributed by atoms with Crippen molar-refractivity contribution in [2.45, 2.75) is 78.6 Å². The van der Waals surface area contributed by atoms with Gasteiger partial charge in [0.05, 0.1) is 0 Å². The number of carboxylic acid groups (broad SMARTS) is 1. The van der Waals surface area contributed by atoms with Crippen molar-refractivity contribution >= 4 is 29.6 Å². The minimum Gasteiger partial charge on any atom is -0.480 e. The molecular weight excluding hydrogens is 392 g/mol. The Morgan fingerprint density at radius 1 is 0.833 bits per heavy atom. The van der Waals surface area contributed by atoms with Gasteiger partial charge in [-0.2, -0.15) is 0 Å². The van der Waals surface area contributed by atoms with E-state index in [4.69, 9.17) is 0 Å². The van der Waals surface area contributed by atoms with E-state index in [2.05, 4.69) is 21.3 Å². The molecule has 4 amide bonds. The van der Waals surface area contributed by atoms with Crippen molar-refractivity contribution in [3.05, 3.63) is 0 Å². The molecule has 1 rings (SSSR count). The lowest BCUT2D eigenvalue weighted by Crippen LogP contribution is -2.60. The van der Waals surface area contributed by atoms with E-state index in [1.165, 1.54) is 0 Å². The highest BCUT2D eigenvalue weighted by Gasteiger charge is 2.35. The van der Waals surface area contributed by atoms with E-state index in [0.29, 0.717) is 6.42 Å². The molecule has 5 N–H and O–H groups in total. The fraction of sp³-hybridized carbons (Fsp3) is 0.750. The zero-order valence-corrected chi connectivity index (χ0v) is 18.4. The van der Waals surface area contributed by atoms with Crippen LogP contribution in [0.5, 0.6) is 0 Å². The third-order valence-corrected chi connectivity index (χ3v) is 5.04. The van der Waals surface area contributed by atoms with Crippen molar-refractivity contribution in [1.82, 2.24) is 21.3 Å². The van der Waals surface area contributed by atoms with Gasteiger partial charge in [0.15, 0.2) is 0 Å². The van der Waals surface area contributed by atoms with E-state index in [-0.39, 0.29) is 30.1 Å². The van der Waals surface area contributed by atoms with Crippen molar-refractivity contribution in [2.24, 2.45) is 17.8 Å². The highest BCUT2D eigenvalue weighted by molar-refractivity contribution is 5.96. The number of carbonyl (C=O) groups excluding carboxylic acids is 4. The minimum absolute atomic E-state index is 0.213. The molecule has 0 radical (unpaired) electrons. The summed E-state index contributed by atoms with van der Waals surface area (Å²) < 4.78 is 0. The Bertz CT molecular complexity index is 676. The van der Waals surface area contributed by atoms with E-state index >= 15 is 0 Å². The second-order valence-corrected chi connectivity index (χ2v) is 8.69. The molecule has 30 heavy (non-hydrogen) atoms. The van der Waals surface area contributed by atoms with Crippen molar-refractivity contribution in [3.63, 3.8) is 0 Å². The van der Waals surface area contributed by atoms with Crippen molar-refractivity contribution < 1.29 is 29.1 Å². The number of carboxylic acids is 1. The van der Waals surface area contributed by atoms with Crippen LogP contribution in [0.1, 0.15) is 54.4 Å². The quantitative estimate of drug-likeness (QED) is 0.325. The molecule has 170 valence electrons. The molecular formula is C20H34N4O6. The highest BCUT2D eigenvalue weighted by Crippen LogP contribution is 2.11. The maximum Gasteiger partial charge on any atom is 0.326 e. The van der Waals surface area contributed by atoms with Crippen LogP contribution >= 0.6 is 0 Å². The predicted molar refractivity (Wildman–Crippen MR) is 109 cm³/mol. The van der Waals surface area contributed by atoms with Gasteiger partial charge in [0.1, 0.15) is 24.2 Å². The Morgan fingerprint density at radius 2 is 1.27 bits per heavy atom. The molecule has 0 spiro atoms. The van der Waals surface area contributed by atoms with Gasteiger partial charge in [-0.25, -0.2) is 4.79 Å². The molecule has 1 fully saturated rings. The summed E-state index contributed by atoms with van der Waals surface area (Å²) in [6.45, 7) is 10.3. The fourth-order valence-corrected chi connectivity index (χ4v) is 3.13. The third kappa shape index (κ3) is 7.00. The number of carbonyl (C=O) groups is 5. The highest BCUT2D eigenvalue weighted by atomic mass is 16.4. The van der Waals surface area contributed by atoms with Gasteiger partial charge in [0.25, 0.3) is 0 Å². The molecule has 1 saturated heterocycles. The number of hydrogen-bond acceptors (Lipinski definition) is 5. The Morgan fingerprint density at radius 3 is 1.63 bits per heavy atom. The van der Waals surface area contributed by atoms with Crippen LogP contribution in [0, 0.1) is 17.8 Å². The summed E-state index contributed by atoms with van der Waals surface area (Å²) in [6, 6.07) is -3.65. The molecule has 0 bridgehead atoms. The largest absolute Gasteiger partial charge is 0.480 e. The van der Waals surface area contributed by atoms with Crippen molar-refractivity contribution in [3.8, 4) is 0 Å². The van der Waals surface area contributed by atoms with Crippen LogP contribution in [0.3, 0.4) is 0 Å². The standard InChI is InChI=1S/C20H34N4O6/c1-9(2)14(22-17(26)12-7-8-13(25)21-12)18(27)23-15(10(3)4)19(28)24-16(11(5)6)20(29)30/h9-12,14-16H,7-8H2,1-6H3,(H,21,25)(H,22,26)(H,23,27)(H,24,28)(H,29,30)/t12-,14-,15-,16-/m0/s1. The van der Waals surface area contributed by atoms with Gasteiger partial charge in [-0.1, -0.05) is 41.5 Å². The molecule has 10 nitrogen and oxygen atoms in total. The molecule has 0 aromatic rings. The van der Waals surface area contributed by atoms with Gasteiger partial charge >= 0.3 is 5.97 Å². The number of aliphatic carboxylic acids is 1. The Hall–Kier alpha value is -2.65. The van der Waals surface area contributed by atoms with Gasteiger partial charge in [-0.3, -0.25) is 19.2 Å². The van der Waals surface area contributed by atoms with Crippen LogP contribution < -0.4 is 21.3 Å². The lowest BCUT2D eigenvalue weighted by Gasteiger charge is -2.29. The predicted octanol–water partition coefficient (Wildman–Crippen LogP) is -0.228. The van der Waals surface area contributed by atoms with Crippen molar-refractivity contribution in [1.29, 1.82) is 0 Å². The summed E-state index contributed by atoms with van der Waals surface area (Å²) in [4.78, 5) is 60.7. The summed E-state index contributed by atoms with van der Waals surface area (Å²) >= 11 is 0. The van der Waals surface area contributed by atoms with Crippen LogP contribution in [0.15, 0.2) is 0 Å². The Kier molecular flexibility index (Phi) is 9.25. The van der Waals surface area contributed by atoms with Crippen molar-refractivity contribution in [2.75, 3.05) is 0 Å². The summed E-state index contributed by atoms with van der Waals surface area (Å²) in [5.41, 5.74) is 0. The fourth-order valence-electron chi connectivity index (χ4n) is 3.13.